The lowest BCUT2D eigenvalue weighted by Crippen LogP contribution is -2.31. The number of imidazole rings is 1. The summed E-state index contributed by atoms with van der Waals surface area (Å²) in [5.41, 5.74) is 6.02. The molecule has 3 N–H and O–H groups in total. The maximum Gasteiger partial charge on any atom is 0.303 e. The number of hydrogen-bond acceptors (Lipinski definition) is 10. The van der Waals surface area contributed by atoms with E-state index in [9.17, 15) is 14.7 Å². The van der Waals surface area contributed by atoms with Crippen LogP contribution in [0.2, 0.25) is 0 Å². The molecule has 0 aliphatic carbocycles. The number of nitrogen functional groups attached to an aromatic ring is 1. The maximum absolute atomic E-state index is 11.3. The van der Waals surface area contributed by atoms with Crippen molar-refractivity contribution in [2.45, 2.75) is 38.7 Å². The molecule has 0 saturated carbocycles. The molecule has 0 radical (unpaired) electrons. The summed E-state index contributed by atoms with van der Waals surface area (Å²) < 4.78 is 17.6. The summed E-state index contributed by atoms with van der Waals surface area (Å²) in [6.07, 6.45) is -0.122. The zero-order valence-electron chi connectivity index (χ0n) is 13.6. The van der Waals surface area contributed by atoms with Gasteiger partial charge in [-0.3, -0.25) is 14.2 Å². The second-order valence-corrected chi connectivity index (χ2v) is 5.54. The molecule has 11 heteroatoms. The minimum atomic E-state index is -0.636. The van der Waals surface area contributed by atoms with Crippen molar-refractivity contribution in [1.82, 2.24) is 19.5 Å². The topological polar surface area (TPSA) is 152 Å². The second kappa shape index (κ2) is 6.51. The molecule has 0 bridgehead atoms. The van der Waals surface area contributed by atoms with Crippen LogP contribution in [0.25, 0.3) is 11.2 Å². The summed E-state index contributed by atoms with van der Waals surface area (Å²) in [6, 6.07) is 0. The molecule has 0 aromatic carbocycles. The number of fused-ring (bicyclic) bond motifs is 1. The zero-order chi connectivity index (χ0) is 18.1. The Hall–Kier alpha value is -2.95. The van der Waals surface area contributed by atoms with Crippen LogP contribution in [0.3, 0.4) is 0 Å². The van der Waals surface area contributed by atoms with Gasteiger partial charge in [0.1, 0.15) is 25.0 Å². The molecule has 2 aromatic heterocycles. The number of esters is 2. The van der Waals surface area contributed by atoms with Gasteiger partial charge in [-0.05, 0) is 0 Å². The van der Waals surface area contributed by atoms with Gasteiger partial charge in [-0.2, -0.15) is 9.97 Å². The fourth-order valence-electron chi connectivity index (χ4n) is 2.69. The van der Waals surface area contributed by atoms with Gasteiger partial charge in [0.15, 0.2) is 11.2 Å². The lowest BCUT2D eigenvalue weighted by Gasteiger charge is -2.17. The standard InChI is InChI=1S/C14H17N5O6/c1-6(20)23-4-9-8(24-7(2)21)3-10(25-9)19-5-16-11-12(19)17-14(15)18-13(11)22/h5,8-10H,3-4H2,1-2H3,(H3,15,17,18,22)/t8-,9+,10+/m0/s1. The van der Waals surface area contributed by atoms with Gasteiger partial charge in [0, 0.05) is 20.3 Å². The molecule has 0 spiro atoms. The third kappa shape index (κ3) is 3.45. The molecule has 3 rings (SSSR count). The normalized spacial score (nSPS) is 22.9. The van der Waals surface area contributed by atoms with Gasteiger partial charge >= 0.3 is 11.9 Å². The van der Waals surface area contributed by atoms with Gasteiger partial charge in [0.2, 0.25) is 11.8 Å². The van der Waals surface area contributed by atoms with Crippen LogP contribution in [-0.4, -0.2) is 55.4 Å². The van der Waals surface area contributed by atoms with Crippen LogP contribution < -0.4 is 5.73 Å². The summed E-state index contributed by atoms with van der Waals surface area (Å²) in [4.78, 5) is 34.1. The predicted octanol–water partition coefficient (Wildman–Crippen LogP) is -0.104. The average molecular weight is 351 g/mol. The fourth-order valence-corrected chi connectivity index (χ4v) is 2.69. The fraction of sp³-hybridized carbons (Fsp3) is 0.500. The maximum atomic E-state index is 11.3. The molecular weight excluding hydrogens is 334 g/mol. The Bertz CT molecular complexity index is 821. The van der Waals surface area contributed by atoms with Gasteiger partial charge in [-0.25, -0.2) is 4.98 Å². The average Bonchev–Trinajstić information content (AvgIpc) is 3.08. The molecule has 1 saturated heterocycles. The Morgan fingerprint density at radius 1 is 1.40 bits per heavy atom. The number of carbonyl (C=O) groups is 2. The lowest BCUT2D eigenvalue weighted by atomic mass is 10.2. The van der Waals surface area contributed by atoms with Gasteiger partial charge in [0.25, 0.3) is 0 Å². The molecule has 25 heavy (non-hydrogen) atoms. The molecule has 1 aliphatic heterocycles. The summed E-state index contributed by atoms with van der Waals surface area (Å²) in [7, 11) is 0. The third-order valence-corrected chi connectivity index (χ3v) is 3.68. The molecule has 0 unspecified atom stereocenters. The Morgan fingerprint density at radius 2 is 2.16 bits per heavy atom. The Balaban J connectivity index is 1.87. The van der Waals surface area contributed by atoms with Gasteiger partial charge in [-0.15, -0.1) is 0 Å². The number of ether oxygens (including phenoxy) is 3. The highest BCUT2D eigenvalue weighted by Gasteiger charge is 2.40. The molecule has 3 heterocycles. The Labute approximate surface area is 141 Å². The van der Waals surface area contributed by atoms with E-state index in [4.69, 9.17) is 19.9 Å². The summed E-state index contributed by atoms with van der Waals surface area (Å²) in [5, 5.41) is 9.80. The van der Waals surface area contributed by atoms with E-state index < -0.39 is 30.4 Å². The summed E-state index contributed by atoms with van der Waals surface area (Å²) in [5.74, 6) is -1.39. The van der Waals surface area contributed by atoms with Crippen molar-refractivity contribution in [2.24, 2.45) is 0 Å². The first-order chi connectivity index (χ1) is 11.8. The van der Waals surface area contributed by atoms with E-state index in [1.807, 2.05) is 0 Å². The van der Waals surface area contributed by atoms with E-state index in [0.717, 1.165) is 0 Å². The van der Waals surface area contributed by atoms with Crippen molar-refractivity contribution in [3.8, 4) is 5.88 Å². The Kier molecular flexibility index (Phi) is 4.40. The van der Waals surface area contributed by atoms with Crippen molar-refractivity contribution in [3.05, 3.63) is 6.33 Å². The molecular formula is C14H17N5O6. The van der Waals surface area contributed by atoms with E-state index in [1.54, 1.807) is 4.57 Å². The molecule has 1 aliphatic rings. The van der Waals surface area contributed by atoms with Crippen LogP contribution in [0.5, 0.6) is 5.88 Å². The van der Waals surface area contributed by atoms with E-state index in [1.165, 1.54) is 20.2 Å². The number of carbonyl (C=O) groups excluding carboxylic acids is 2. The monoisotopic (exact) mass is 351 g/mol. The molecule has 134 valence electrons. The molecule has 2 aromatic rings. The zero-order valence-corrected chi connectivity index (χ0v) is 13.6. The van der Waals surface area contributed by atoms with Crippen LogP contribution in [0.4, 0.5) is 5.95 Å². The first-order valence-corrected chi connectivity index (χ1v) is 7.50. The van der Waals surface area contributed by atoms with Crippen LogP contribution >= 0.6 is 0 Å². The minimum Gasteiger partial charge on any atom is -0.492 e. The minimum absolute atomic E-state index is 0.0568. The number of aromatic nitrogens is 4. The van der Waals surface area contributed by atoms with Crippen LogP contribution in [-0.2, 0) is 23.8 Å². The van der Waals surface area contributed by atoms with Crippen LogP contribution in [0.15, 0.2) is 6.33 Å². The molecule has 0 amide bonds. The van der Waals surface area contributed by atoms with Crippen molar-refractivity contribution >= 4 is 29.1 Å². The molecule has 11 nitrogen and oxygen atoms in total. The molecule has 1 fully saturated rings. The Morgan fingerprint density at radius 3 is 2.84 bits per heavy atom. The van der Waals surface area contributed by atoms with E-state index in [-0.39, 0.29) is 29.6 Å². The van der Waals surface area contributed by atoms with Gasteiger partial charge in [0.05, 0.1) is 6.33 Å². The number of aromatic hydroxyl groups is 1. The summed E-state index contributed by atoms with van der Waals surface area (Å²) in [6.45, 7) is 2.51. The van der Waals surface area contributed by atoms with E-state index in [0.29, 0.717) is 6.42 Å². The predicted molar refractivity (Wildman–Crippen MR) is 82.1 cm³/mol. The first-order valence-electron chi connectivity index (χ1n) is 7.50. The van der Waals surface area contributed by atoms with Crippen LogP contribution in [0.1, 0.15) is 26.5 Å². The highest BCUT2D eigenvalue weighted by molar-refractivity contribution is 5.77. The number of rotatable bonds is 4. The number of hydrogen-bond donors (Lipinski definition) is 2. The third-order valence-electron chi connectivity index (χ3n) is 3.68. The smallest absolute Gasteiger partial charge is 0.303 e. The SMILES string of the molecule is CC(=O)OC[C@H]1O[C@@H](n2cnc3c(O)nc(N)nc32)C[C@@H]1OC(C)=O. The van der Waals surface area contributed by atoms with Crippen LogP contribution in [0, 0.1) is 0 Å². The van der Waals surface area contributed by atoms with Crippen molar-refractivity contribution in [3.63, 3.8) is 0 Å². The second-order valence-electron chi connectivity index (χ2n) is 5.54. The van der Waals surface area contributed by atoms with Crippen molar-refractivity contribution < 1.29 is 28.9 Å². The number of anilines is 1. The van der Waals surface area contributed by atoms with Gasteiger partial charge in [-0.1, -0.05) is 0 Å². The van der Waals surface area contributed by atoms with E-state index >= 15 is 0 Å². The van der Waals surface area contributed by atoms with Crippen molar-refractivity contribution in [1.29, 1.82) is 0 Å². The molecule has 3 atom stereocenters. The first kappa shape index (κ1) is 16.9. The van der Waals surface area contributed by atoms with E-state index in [2.05, 4.69) is 15.0 Å². The van der Waals surface area contributed by atoms with Crippen molar-refractivity contribution in [2.75, 3.05) is 12.3 Å². The van der Waals surface area contributed by atoms with Gasteiger partial charge < -0.3 is 25.1 Å². The largest absolute Gasteiger partial charge is 0.492 e. The lowest BCUT2D eigenvalue weighted by molar-refractivity contribution is -0.155. The highest BCUT2D eigenvalue weighted by atomic mass is 16.6. The highest BCUT2D eigenvalue weighted by Crippen LogP contribution is 2.34. The number of nitrogens with two attached hydrogens (primary N) is 1. The number of nitrogens with zero attached hydrogens (tertiary/aromatic N) is 4. The summed E-state index contributed by atoms with van der Waals surface area (Å²) >= 11 is 0. The quantitative estimate of drug-likeness (QED) is 0.714.